The van der Waals surface area contributed by atoms with E-state index in [1.54, 1.807) is 0 Å². The standard InChI is InChI=1S/C10H23NO/c1-6-11-9(4)10(5)12-7-8(2)3/h8-11H,6-7H2,1-5H3. The molecule has 0 amide bonds. The van der Waals surface area contributed by atoms with E-state index in [1.165, 1.54) is 0 Å². The predicted molar refractivity (Wildman–Crippen MR) is 53.4 cm³/mol. The van der Waals surface area contributed by atoms with Gasteiger partial charge in [0.1, 0.15) is 0 Å². The third-order valence-electron chi connectivity index (χ3n) is 1.92. The molecule has 0 heterocycles. The number of rotatable bonds is 6. The summed E-state index contributed by atoms with van der Waals surface area (Å²) in [5.74, 6) is 0.626. The zero-order valence-corrected chi connectivity index (χ0v) is 9.05. The van der Waals surface area contributed by atoms with Crippen molar-refractivity contribution in [2.75, 3.05) is 13.2 Å². The van der Waals surface area contributed by atoms with E-state index < -0.39 is 0 Å². The molecule has 2 nitrogen and oxygen atoms in total. The first-order valence-electron chi connectivity index (χ1n) is 4.92. The summed E-state index contributed by atoms with van der Waals surface area (Å²) >= 11 is 0. The summed E-state index contributed by atoms with van der Waals surface area (Å²) < 4.78 is 5.66. The van der Waals surface area contributed by atoms with Crippen LogP contribution in [0.4, 0.5) is 0 Å². The van der Waals surface area contributed by atoms with Crippen molar-refractivity contribution in [2.45, 2.75) is 46.8 Å². The molecule has 0 radical (unpaired) electrons. The molecule has 1 N–H and O–H groups in total. The van der Waals surface area contributed by atoms with E-state index >= 15 is 0 Å². The van der Waals surface area contributed by atoms with Gasteiger partial charge in [-0.15, -0.1) is 0 Å². The van der Waals surface area contributed by atoms with Crippen molar-refractivity contribution in [3.8, 4) is 0 Å². The first-order chi connectivity index (χ1) is 5.57. The van der Waals surface area contributed by atoms with Crippen LogP contribution in [0.1, 0.15) is 34.6 Å². The SMILES string of the molecule is CCNC(C)C(C)OCC(C)C. The first-order valence-corrected chi connectivity index (χ1v) is 4.92. The van der Waals surface area contributed by atoms with E-state index in [4.69, 9.17) is 4.74 Å². The number of hydrogen-bond acceptors (Lipinski definition) is 2. The van der Waals surface area contributed by atoms with Crippen molar-refractivity contribution in [3.05, 3.63) is 0 Å². The van der Waals surface area contributed by atoms with Gasteiger partial charge >= 0.3 is 0 Å². The van der Waals surface area contributed by atoms with Gasteiger partial charge in [-0.2, -0.15) is 0 Å². The second kappa shape index (κ2) is 6.44. The molecule has 2 unspecified atom stereocenters. The van der Waals surface area contributed by atoms with Crippen LogP contribution in [0.15, 0.2) is 0 Å². The summed E-state index contributed by atoms with van der Waals surface area (Å²) in [7, 11) is 0. The Hall–Kier alpha value is -0.0800. The fraction of sp³-hybridized carbons (Fsp3) is 1.00. The Labute approximate surface area is 76.7 Å². The normalized spacial score (nSPS) is 16.5. The third kappa shape index (κ3) is 5.56. The topological polar surface area (TPSA) is 21.3 Å². The highest BCUT2D eigenvalue weighted by Crippen LogP contribution is 2.01. The van der Waals surface area contributed by atoms with Crippen LogP contribution < -0.4 is 5.32 Å². The summed E-state index contributed by atoms with van der Waals surface area (Å²) in [4.78, 5) is 0. The second-order valence-corrected chi connectivity index (χ2v) is 3.78. The van der Waals surface area contributed by atoms with Crippen molar-refractivity contribution < 1.29 is 4.74 Å². The van der Waals surface area contributed by atoms with E-state index in [9.17, 15) is 0 Å². The minimum atomic E-state index is 0.312. The van der Waals surface area contributed by atoms with E-state index in [-0.39, 0.29) is 0 Å². The van der Waals surface area contributed by atoms with E-state index in [1.807, 2.05) is 0 Å². The highest BCUT2D eigenvalue weighted by molar-refractivity contribution is 4.67. The predicted octanol–water partition coefficient (Wildman–Crippen LogP) is 2.05. The molecule has 0 rings (SSSR count). The molecule has 0 saturated carbocycles. The molecule has 12 heavy (non-hydrogen) atoms. The second-order valence-electron chi connectivity index (χ2n) is 3.78. The Kier molecular flexibility index (Phi) is 6.39. The maximum atomic E-state index is 5.66. The summed E-state index contributed by atoms with van der Waals surface area (Å²) in [6.07, 6.45) is 0.312. The van der Waals surface area contributed by atoms with Crippen LogP contribution in [-0.2, 0) is 4.74 Å². The number of hydrogen-bond donors (Lipinski definition) is 1. The summed E-state index contributed by atoms with van der Waals surface area (Å²) in [5.41, 5.74) is 0. The van der Waals surface area contributed by atoms with Gasteiger partial charge in [0, 0.05) is 12.6 Å². The lowest BCUT2D eigenvalue weighted by atomic mass is 10.2. The van der Waals surface area contributed by atoms with Crippen molar-refractivity contribution in [1.82, 2.24) is 5.32 Å². The molecule has 0 spiro atoms. The molecule has 0 saturated heterocycles. The van der Waals surface area contributed by atoms with Crippen LogP contribution in [0.3, 0.4) is 0 Å². The quantitative estimate of drug-likeness (QED) is 0.663. The van der Waals surface area contributed by atoms with Crippen LogP contribution in [0, 0.1) is 5.92 Å². The molecule has 0 fully saturated rings. The zero-order valence-electron chi connectivity index (χ0n) is 9.05. The smallest absolute Gasteiger partial charge is 0.0697 e. The molecule has 74 valence electrons. The van der Waals surface area contributed by atoms with Crippen LogP contribution in [-0.4, -0.2) is 25.3 Å². The highest BCUT2D eigenvalue weighted by atomic mass is 16.5. The van der Waals surface area contributed by atoms with Gasteiger partial charge in [-0.1, -0.05) is 20.8 Å². The van der Waals surface area contributed by atoms with Gasteiger partial charge in [-0.3, -0.25) is 0 Å². The number of ether oxygens (including phenoxy) is 1. The van der Waals surface area contributed by atoms with Crippen molar-refractivity contribution in [3.63, 3.8) is 0 Å². The Morgan fingerprint density at radius 1 is 1.17 bits per heavy atom. The van der Waals surface area contributed by atoms with Crippen LogP contribution >= 0.6 is 0 Å². The van der Waals surface area contributed by atoms with Crippen LogP contribution in [0.5, 0.6) is 0 Å². The van der Waals surface area contributed by atoms with Crippen molar-refractivity contribution >= 4 is 0 Å². The maximum absolute atomic E-state index is 5.66. The van der Waals surface area contributed by atoms with Gasteiger partial charge in [0.05, 0.1) is 6.10 Å². The monoisotopic (exact) mass is 173 g/mol. The first kappa shape index (κ1) is 11.9. The lowest BCUT2D eigenvalue weighted by molar-refractivity contribution is 0.0277. The molecule has 0 aromatic rings. The number of nitrogens with one attached hydrogen (secondary N) is 1. The van der Waals surface area contributed by atoms with Crippen LogP contribution in [0.2, 0.25) is 0 Å². The lowest BCUT2D eigenvalue weighted by Crippen LogP contribution is -2.37. The van der Waals surface area contributed by atoms with Gasteiger partial charge in [0.15, 0.2) is 0 Å². The molecule has 2 heteroatoms. The molecule has 0 bridgehead atoms. The largest absolute Gasteiger partial charge is 0.377 e. The molecule has 0 aromatic heterocycles. The molecule has 0 aliphatic heterocycles. The van der Waals surface area contributed by atoms with Crippen molar-refractivity contribution in [2.24, 2.45) is 5.92 Å². The number of likely N-dealkylation sites (N-methyl/N-ethyl adjacent to an activating group) is 1. The van der Waals surface area contributed by atoms with E-state index in [0.29, 0.717) is 18.1 Å². The Bertz CT molecular complexity index is 104. The fourth-order valence-corrected chi connectivity index (χ4v) is 0.977. The molecule has 2 atom stereocenters. The molecule has 0 aromatic carbocycles. The lowest BCUT2D eigenvalue weighted by Gasteiger charge is -2.22. The van der Waals surface area contributed by atoms with E-state index in [0.717, 1.165) is 13.2 Å². The minimum Gasteiger partial charge on any atom is -0.377 e. The molecular weight excluding hydrogens is 150 g/mol. The van der Waals surface area contributed by atoms with Gasteiger partial charge in [0.2, 0.25) is 0 Å². The average molecular weight is 173 g/mol. The van der Waals surface area contributed by atoms with Gasteiger partial charge in [0.25, 0.3) is 0 Å². The Balaban J connectivity index is 3.49. The van der Waals surface area contributed by atoms with Crippen LogP contribution in [0.25, 0.3) is 0 Å². The third-order valence-corrected chi connectivity index (χ3v) is 1.92. The van der Waals surface area contributed by atoms with Gasteiger partial charge < -0.3 is 10.1 Å². The minimum absolute atomic E-state index is 0.312. The van der Waals surface area contributed by atoms with E-state index in [2.05, 4.69) is 39.9 Å². The van der Waals surface area contributed by atoms with Gasteiger partial charge in [-0.25, -0.2) is 0 Å². The summed E-state index contributed by atoms with van der Waals surface area (Å²) in [6, 6.07) is 0.453. The Morgan fingerprint density at radius 3 is 2.17 bits per heavy atom. The maximum Gasteiger partial charge on any atom is 0.0697 e. The molecule has 0 aliphatic rings. The molecule has 0 aliphatic carbocycles. The fourth-order valence-electron chi connectivity index (χ4n) is 0.977. The highest BCUT2D eigenvalue weighted by Gasteiger charge is 2.10. The summed E-state index contributed by atoms with van der Waals surface area (Å²) in [5, 5.41) is 3.34. The average Bonchev–Trinajstić information content (AvgIpc) is 2.00. The Morgan fingerprint density at radius 2 is 1.75 bits per heavy atom. The summed E-state index contributed by atoms with van der Waals surface area (Å²) in [6.45, 7) is 12.6. The van der Waals surface area contributed by atoms with Crippen molar-refractivity contribution in [1.29, 1.82) is 0 Å². The molecular formula is C10H23NO. The van der Waals surface area contributed by atoms with Gasteiger partial charge in [-0.05, 0) is 26.3 Å². The zero-order chi connectivity index (χ0) is 9.56.